The highest BCUT2D eigenvalue weighted by atomic mass is 32.2. The summed E-state index contributed by atoms with van der Waals surface area (Å²) in [6.45, 7) is 0. The highest BCUT2D eigenvalue weighted by molar-refractivity contribution is 7.91. The van der Waals surface area contributed by atoms with Crippen molar-refractivity contribution in [2.24, 2.45) is 0 Å². The summed E-state index contributed by atoms with van der Waals surface area (Å²) in [5, 5.41) is 9.34. The summed E-state index contributed by atoms with van der Waals surface area (Å²) in [7, 11) is -3.01. The average molecular weight is 321 g/mol. The molecule has 8 nitrogen and oxygen atoms in total. The molecule has 2 aromatic rings. The third-order valence-electron chi connectivity index (χ3n) is 3.31. The molecule has 1 saturated heterocycles. The molecule has 1 unspecified atom stereocenters. The average Bonchev–Trinajstić information content (AvgIpc) is 3.09. The van der Waals surface area contributed by atoms with Gasteiger partial charge < -0.3 is 10.6 Å². The van der Waals surface area contributed by atoms with Gasteiger partial charge in [-0.2, -0.15) is 5.10 Å². The predicted molar refractivity (Wildman–Crippen MR) is 80.6 cm³/mol. The number of anilines is 1. The molecule has 116 valence electrons. The Bertz CT molecular complexity index is 755. The van der Waals surface area contributed by atoms with Crippen LogP contribution in [0.2, 0.25) is 0 Å². The first kappa shape index (κ1) is 14.5. The Kier molecular flexibility index (Phi) is 3.80. The number of hydrogen-bond acceptors (Lipinski definition) is 5. The smallest absolute Gasteiger partial charge is 0.319 e. The molecule has 1 fully saturated rings. The molecule has 9 heteroatoms. The number of rotatable bonds is 3. The molecule has 0 spiro atoms. The molecule has 1 aliphatic heterocycles. The van der Waals surface area contributed by atoms with E-state index in [0.717, 1.165) is 0 Å². The minimum Gasteiger partial charge on any atom is -0.334 e. The van der Waals surface area contributed by atoms with Crippen LogP contribution < -0.4 is 10.6 Å². The molecular formula is C13H15N5O3S. The fourth-order valence-electron chi connectivity index (χ4n) is 2.26. The first-order valence-corrected chi connectivity index (χ1v) is 8.58. The topological polar surface area (TPSA) is 106 Å². The summed E-state index contributed by atoms with van der Waals surface area (Å²) < 4.78 is 24.3. The van der Waals surface area contributed by atoms with Gasteiger partial charge in [0.05, 0.1) is 23.4 Å². The molecule has 2 amide bonds. The van der Waals surface area contributed by atoms with Gasteiger partial charge in [-0.25, -0.2) is 22.9 Å². The maximum absolute atomic E-state index is 11.8. The van der Waals surface area contributed by atoms with E-state index < -0.39 is 15.9 Å². The molecule has 3 heterocycles. The fourth-order valence-corrected chi connectivity index (χ4v) is 3.93. The van der Waals surface area contributed by atoms with Crippen LogP contribution >= 0.6 is 0 Å². The molecule has 2 N–H and O–H groups in total. The number of urea groups is 1. The minimum atomic E-state index is -3.01. The van der Waals surface area contributed by atoms with Crippen LogP contribution in [-0.2, 0) is 9.84 Å². The zero-order valence-electron chi connectivity index (χ0n) is 11.6. The summed E-state index contributed by atoms with van der Waals surface area (Å²) in [6, 6.07) is 4.45. The van der Waals surface area contributed by atoms with Crippen LogP contribution in [-0.4, -0.2) is 46.8 Å². The maximum atomic E-state index is 11.8. The number of aromatic nitrogens is 3. The van der Waals surface area contributed by atoms with E-state index in [1.807, 2.05) is 0 Å². The Morgan fingerprint density at radius 2 is 2.23 bits per heavy atom. The van der Waals surface area contributed by atoms with E-state index >= 15 is 0 Å². The number of sulfone groups is 1. The van der Waals surface area contributed by atoms with E-state index in [1.54, 1.807) is 35.3 Å². The maximum Gasteiger partial charge on any atom is 0.319 e. The van der Waals surface area contributed by atoms with Crippen molar-refractivity contribution in [3.05, 3.63) is 36.8 Å². The molecule has 0 bridgehead atoms. The molecule has 22 heavy (non-hydrogen) atoms. The summed E-state index contributed by atoms with van der Waals surface area (Å²) >= 11 is 0. The molecule has 0 aromatic carbocycles. The molecule has 1 aliphatic rings. The highest BCUT2D eigenvalue weighted by Crippen LogP contribution is 2.12. The van der Waals surface area contributed by atoms with E-state index in [4.69, 9.17) is 0 Å². The molecule has 0 radical (unpaired) electrons. The van der Waals surface area contributed by atoms with Gasteiger partial charge in [0.25, 0.3) is 0 Å². The minimum absolute atomic E-state index is 0.00307. The van der Waals surface area contributed by atoms with Crippen molar-refractivity contribution in [2.45, 2.75) is 12.5 Å². The Balaban J connectivity index is 1.58. The molecule has 0 aliphatic carbocycles. The van der Waals surface area contributed by atoms with Gasteiger partial charge in [-0.05, 0) is 24.6 Å². The van der Waals surface area contributed by atoms with Crippen molar-refractivity contribution in [2.75, 3.05) is 16.8 Å². The number of amides is 2. The zero-order valence-corrected chi connectivity index (χ0v) is 12.5. The number of pyridine rings is 1. The van der Waals surface area contributed by atoms with E-state index in [2.05, 4.69) is 20.7 Å². The Morgan fingerprint density at radius 1 is 1.36 bits per heavy atom. The van der Waals surface area contributed by atoms with Gasteiger partial charge >= 0.3 is 6.03 Å². The quantitative estimate of drug-likeness (QED) is 0.860. The van der Waals surface area contributed by atoms with E-state index in [1.165, 1.54) is 6.20 Å². The summed E-state index contributed by atoms with van der Waals surface area (Å²) in [5.74, 6) is 0.757. The molecule has 1 atom stereocenters. The zero-order chi connectivity index (χ0) is 15.6. The first-order chi connectivity index (χ1) is 10.5. The second kappa shape index (κ2) is 5.76. The largest absolute Gasteiger partial charge is 0.334 e. The van der Waals surface area contributed by atoms with Gasteiger partial charge in [0.2, 0.25) is 0 Å². The number of nitrogens with zero attached hydrogens (tertiary/aromatic N) is 3. The molecule has 2 aromatic heterocycles. The van der Waals surface area contributed by atoms with Gasteiger partial charge in [0.15, 0.2) is 15.7 Å². The van der Waals surface area contributed by atoms with Crippen LogP contribution in [0.3, 0.4) is 0 Å². The molecule has 3 rings (SSSR count). The van der Waals surface area contributed by atoms with Crippen molar-refractivity contribution < 1.29 is 13.2 Å². The second-order valence-corrected chi connectivity index (χ2v) is 7.28. The lowest BCUT2D eigenvalue weighted by atomic mass is 10.3. The number of hydrogen-bond donors (Lipinski definition) is 2. The van der Waals surface area contributed by atoms with Gasteiger partial charge in [-0.3, -0.25) is 0 Å². The Hall–Kier alpha value is -2.42. The van der Waals surface area contributed by atoms with E-state index in [9.17, 15) is 13.2 Å². The van der Waals surface area contributed by atoms with Gasteiger partial charge in [0, 0.05) is 18.4 Å². The van der Waals surface area contributed by atoms with E-state index in [0.29, 0.717) is 17.9 Å². The summed E-state index contributed by atoms with van der Waals surface area (Å²) in [4.78, 5) is 16.0. The first-order valence-electron chi connectivity index (χ1n) is 6.76. The van der Waals surface area contributed by atoms with Gasteiger partial charge in [-0.15, -0.1) is 0 Å². The van der Waals surface area contributed by atoms with Crippen LogP contribution in [0.5, 0.6) is 0 Å². The summed E-state index contributed by atoms with van der Waals surface area (Å²) in [5.41, 5.74) is 0.522. The van der Waals surface area contributed by atoms with Crippen molar-refractivity contribution in [1.29, 1.82) is 0 Å². The van der Waals surface area contributed by atoms with Crippen molar-refractivity contribution >= 4 is 21.6 Å². The lowest BCUT2D eigenvalue weighted by Crippen LogP contribution is -2.38. The second-order valence-electron chi connectivity index (χ2n) is 5.05. The van der Waals surface area contributed by atoms with Gasteiger partial charge in [-0.1, -0.05) is 0 Å². The highest BCUT2D eigenvalue weighted by Gasteiger charge is 2.28. The molecule has 0 saturated carbocycles. The SMILES string of the molecule is O=C(Nc1ccc(-n2cccn2)nc1)NC1CCS(=O)(=O)C1. The van der Waals surface area contributed by atoms with E-state index in [-0.39, 0.29) is 17.5 Å². The number of carbonyl (C=O) groups is 1. The Labute approximate surface area is 127 Å². The van der Waals surface area contributed by atoms with Crippen molar-refractivity contribution in [3.8, 4) is 5.82 Å². The van der Waals surface area contributed by atoms with Crippen molar-refractivity contribution in [1.82, 2.24) is 20.1 Å². The summed E-state index contributed by atoms with van der Waals surface area (Å²) in [6.07, 6.45) is 5.38. The predicted octanol–water partition coefficient (Wildman–Crippen LogP) is 0.576. The third-order valence-corrected chi connectivity index (χ3v) is 5.08. The van der Waals surface area contributed by atoms with Crippen molar-refractivity contribution in [3.63, 3.8) is 0 Å². The lowest BCUT2D eigenvalue weighted by Gasteiger charge is -2.12. The van der Waals surface area contributed by atoms with Crippen LogP contribution in [0.1, 0.15) is 6.42 Å². The van der Waals surface area contributed by atoms with Crippen LogP contribution in [0.4, 0.5) is 10.5 Å². The van der Waals surface area contributed by atoms with Crippen LogP contribution in [0.25, 0.3) is 5.82 Å². The third kappa shape index (κ3) is 3.42. The Morgan fingerprint density at radius 3 is 2.82 bits per heavy atom. The van der Waals surface area contributed by atoms with Gasteiger partial charge in [0.1, 0.15) is 0 Å². The standard InChI is InChI=1S/C13H15N5O3S/c19-13(17-11-4-7-22(20,21)9-11)16-10-2-3-12(14-8-10)18-6-1-5-15-18/h1-3,5-6,8,11H,4,7,9H2,(H2,16,17,19). The number of carbonyl (C=O) groups excluding carboxylic acids is 1. The fraction of sp³-hybridized carbons (Fsp3) is 0.308. The number of nitrogens with one attached hydrogen (secondary N) is 2. The monoisotopic (exact) mass is 321 g/mol. The normalized spacial score (nSPS) is 19.7. The van der Waals surface area contributed by atoms with Crippen LogP contribution in [0.15, 0.2) is 36.8 Å². The molecular weight excluding hydrogens is 306 g/mol. The lowest BCUT2D eigenvalue weighted by molar-refractivity contribution is 0.249. The van der Waals surface area contributed by atoms with Crippen LogP contribution in [0, 0.1) is 0 Å².